The number of rotatable bonds is 17. The minimum Gasteiger partial charge on any atom is -0.0658 e. The zero-order valence-electron chi connectivity index (χ0n) is 15.6. The monoisotopic (exact) mass is 312 g/mol. The fraction of sp³-hybridized carbons (Fsp3) is 1.00. The van der Waals surface area contributed by atoms with Gasteiger partial charge in [0.1, 0.15) is 0 Å². The van der Waals surface area contributed by atoms with E-state index in [1.54, 1.807) is 0 Å². The van der Waals surface area contributed by atoms with Gasteiger partial charge in [0, 0.05) is 10.2 Å². The molecule has 0 aliphatic carbocycles. The predicted octanol–water partition coefficient (Wildman–Crippen LogP) is 6.67. The summed E-state index contributed by atoms with van der Waals surface area (Å²) in [5, 5.41) is 0. The topological polar surface area (TPSA) is 0 Å². The molecule has 0 saturated heterocycles. The lowest BCUT2D eigenvalue weighted by molar-refractivity contribution is 0.502. The number of unbranched alkanes of at least 4 members (excludes halogenated alkanes) is 14. The van der Waals surface area contributed by atoms with E-state index in [0.29, 0.717) is 0 Å². The summed E-state index contributed by atoms with van der Waals surface area (Å²) >= 11 is 0. The van der Waals surface area contributed by atoms with Gasteiger partial charge in [0.25, 0.3) is 0 Å². The first-order valence-electron chi connectivity index (χ1n) is 10.3. The lowest BCUT2D eigenvalue weighted by Crippen LogP contribution is -1.87. The lowest BCUT2D eigenvalue weighted by Gasteiger charge is -2.05. The van der Waals surface area contributed by atoms with Crippen LogP contribution in [-0.2, 0) is 0 Å². The Labute approximate surface area is 139 Å². The third-order valence-corrected chi connectivity index (χ3v) is 5.34. The molecule has 0 aliphatic rings. The molecule has 0 amide bonds. The molecule has 128 valence electrons. The summed E-state index contributed by atoms with van der Waals surface area (Å²) in [4.78, 5) is 0. The van der Waals surface area contributed by atoms with Gasteiger partial charge in [-0.2, -0.15) is 0 Å². The average Bonchev–Trinajstić information content (AvgIpc) is 2.46. The second kappa shape index (κ2) is 18.3. The van der Waals surface area contributed by atoms with Crippen LogP contribution >= 0.6 is 0 Å². The van der Waals surface area contributed by atoms with E-state index in [1.165, 1.54) is 119 Å². The van der Waals surface area contributed by atoms with Gasteiger partial charge in [-0.15, -0.1) is 0 Å². The Morgan fingerprint density at radius 2 is 0.762 bits per heavy atom. The van der Waals surface area contributed by atoms with Crippen molar-refractivity contribution in [3.8, 4) is 0 Å². The molecule has 0 nitrogen and oxygen atoms in total. The highest BCUT2D eigenvalue weighted by atomic mass is 28.1. The molecule has 0 aromatic rings. The zero-order valence-corrected chi connectivity index (χ0v) is 17.6. The Bertz CT molecular complexity index is 177. The van der Waals surface area contributed by atoms with Crippen molar-refractivity contribution in [2.24, 2.45) is 5.92 Å². The molecular weight excluding hydrogens is 268 g/mol. The third kappa shape index (κ3) is 20.2. The van der Waals surface area contributed by atoms with Gasteiger partial charge in [-0.05, 0) is 5.92 Å². The molecule has 0 aliphatic heterocycles. The van der Waals surface area contributed by atoms with Crippen molar-refractivity contribution in [3.05, 3.63) is 0 Å². The highest BCUT2D eigenvalue weighted by molar-refractivity contribution is 6.08. The molecule has 0 bridgehead atoms. The van der Waals surface area contributed by atoms with E-state index >= 15 is 0 Å². The van der Waals surface area contributed by atoms with Gasteiger partial charge in [0.2, 0.25) is 0 Å². The smallest absolute Gasteiger partial charge is 0.00279 e. The minimum atomic E-state index is 0.901. The van der Waals surface area contributed by atoms with Crippen LogP contribution in [0.2, 0.25) is 6.04 Å². The van der Waals surface area contributed by atoms with Crippen LogP contribution in [0.3, 0.4) is 0 Å². The van der Waals surface area contributed by atoms with E-state index in [2.05, 4.69) is 13.8 Å². The van der Waals surface area contributed by atoms with Crippen LogP contribution in [0.5, 0.6) is 0 Å². The fourth-order valence-corrected chi connectivity index (χ4v) is 3.60. The van der Waals surface area contributed by atoms with E-state index in [9.17, 15) is 0 Å². The van der Waals surface area contributed by atoms with E-state index < -0.39 is 0 Å². The average molecular weight is 313 g/mol. The van der Waals surface area contributed by atoms with E-state index in [0.717, 1.165) is 5.92 Å². The molecule has 0 rings (SSSR count). The van der Waals surface area contributed by atoms with Gasteiger partial charge in [0.15, 0.2) is 0 Å². The first-order chi connectivity index (χ1) is 10.3. The maximum atomic E-state index is 2.34. The quantitative estimate of drug-likeness (QED) is 0.208. The molecule has 0 aromatic carbocycles. The first kappa shape index (κ1) is 21.2. The summed E-state index contributed by atoms with van der Waals surface area (Å²) in [5.74, 6) is 0.901. The van der Waals surface area contributed by atoms with Crippen LogP contribution in [0.4, 0.5) is 0 Å². The highest BCUT2D eigenvalue weighted by Crippen LogP contribution is 2.14. The summed E-state index contributed by atoms with van der Waals surface area (Å²) in [5.41, 5.74) is 0. The van der Waals surface area contributed by atoms with Gasteiger partial charge in [-0.1, -0.05) is 123 Å². The normalized spacial score (nSPS) is 11.6. The lowest BCUT2D eigenvalue weighted by atomic mass is 10.0. The molecule has 21 heavy (non-hydrogen) atoms. The SMILES string of the molecule is CC(C)CCCCCCCCCCCCCCCCC[SiH3]. The second-order valence-electron chi connectivity index (χ2n) is 7.49. The van der Waals surface area contributed by atoms with Crippen molar-refractivity contribution in [1.82, 2.24) is 0 Å². The van der Waals surface area contributed by atoms with E-state index in [-0.39, 0.29) is 0 Å². The van der Waals surface area contributed by atoms with Gasteiger partial charge in [-0.25, -0.2) is 0 Å². The maximum Gasteiger partial charge on any atom is 0.00279 e. The van der Waals surface area contributed by atoms with Crippen molar-refractivity contribution in [2.45, 2.75) is 123 Å². The fourth-order valence-electron chi connectivity index (χ4n) is 3.10. The molecule has 0 N–H and O–H groups in total. The molecule has 0 radical (unpaired) electrons. The van der Waals surface area contributed by atoms with E-state index in [1.807, 2.05) is 0 Å². The summed E-state index contributed by atoms with van der Waals surface area (Å²) in [6, 6.07) is 1.51. The maximum absolute atomic E-state index is 2.34. The van der Waals surface area contributed by atoms with Crippen molar-refractivity contribution >= 4 is 10.2 Å². The molecule has 0 aromatic heterocycles. The van der Waals surface area contributed by atoms with Gasteiger partial charge >= 0.3 is 0 Å². The Morgan fingerprint density at radius 1 is 0.476 bits per heavy atom. The second-order valence-corrected chi connectivity index (χ2v) is 8.49. The molecular formula is C20H44Si. The third-order valence-electron chi connectivity index (χ3n) is 4.64. The Kier molecular flexibility index (Phi) is 18.5. The van der Waals surface area contributed by atoms with Crippen LogP contribution in [0, 0.1) is 5.92 Å². The zero-order chi connectivity index (χ0) is 15.6. The minimum absolute atomic E-state index is 0.901. The molecule has 0 fully saturated rings. The van der Waals surface area contributed by atoms with Crippen molar-refractivity contribution in [2.75, 3.05) is 0 Å². The van der Waals surface area contributed by atoms with Crippen LogP contribution in [-0.4, -0.2) is 10.2 Å². The summed E-state index contributed by atoms with van der Waals surface area (Å²) in [6.45, 7) is 4.68. The summed E-state index contributed by atoms with van der Waals surface area (Å²) in [6.07, 6.45) is 23.8. The van der Waals surface area contributed by atoms with Gasteiger partial charge < -0.3 is 0 Å². The molecule has 1 heteroatoms. The summed E-state index contributed by atoms with van der Waals surface area (Å²) < 4.78 is 0. The predicted molar refractivity (Wildman–Crippen MR) is 103 cm³/mol. The molecule has 0 unspecified atom stereocenters. The van der Waals surface area contributed by atoms with Crippen LogP contribution < -0.4 is 0 Å². The Balaban J connectivity index is 2.93. The first-order valence-corrected chi connectivity index (χ1v) is 11.7. The Morgan fingerprint density at radius 3 is 1.05 bits per heavy atom. The van der Waals surface area contributed by atoms with Crippen molar-refractivity contribution in [1.29, 1.82) is 0 Å². The van der Waals surface area contributed by atoms with Gasteiger partial charge in [0.05, 0.1) is 0 Å². The molecule has 0 spiro atoms. The van der Waals surface area contributed by atoms with Crippen molar-refractivity contribution in [3.63, 3.8) is 0 Å². The highest BCUT2D eigenvalue weighted by Gasteiger charge is 1.96. The Hall–Kier alpha value is 0.217. The molecule has 0 saturated carbocycles. The van der Waals surface area contributed by atoms with Gasteiger partial charge in [-0.3, -0.25) is 0 Å². The molecule has 0 atom stereocenters. The number of hydrogen-bond acceptors (Lipinski definition) is 0. The summed E-state index contributed by atoms with van der Waals surface area (Å²) in [7, 11) is 1.41. The number of hydrogen-bond donors (Lipinski definition) is 0. The van der Waals surface area contributed by atoms with Crippen LogP contribution in [0.25, 0.3) is 0 Å². The largest absolute Gasteiger partial charge is 0.0658 e. The van der Waals surface area contributed by atoms with Crippen molar-refractivity contribution < 1.29 is 0 Å². The van der Waals surface area contributed by atoms with Crippen LogP contribution in [0.15, 0.2) is 0 Å². The molecule has 0 heterocycles. The van der Waals surface area contributed by atoms with E-state index in [4.69, 9.17) is 0 Å². The standard InChI is InChI=1S/C20H44Si/c1-20(2)18-16-14-12-10-8-6-4-3-5-7-9-11-13-15-17-19-21/h20H,3-19H2,1-2,21H3. The van der Waals surface area contributed by atoms with Crippen LogP contribution in [0.1, 0.15) is 117 Å².